The zero-order valence-corrected chi connectivity index (χ0v) is 12.5. The van der Waals surface area contributed by atoms with Crippen molar-refractivity contribution in [3.05, 3.63) is 28.5 Å². The van der Waals surface area contributed by atoms with E-state index in [0.717, 1.165) is 25.9 Å². The molecule has 0 saturated carbocycles. The number of halogens is 2. The maximum Gasteiger partial charge on any atom is 0.244 e. The first-order chi connectivity index (χ1) is 9.08. The van der Waals surface area contributed by atoms with Crippen LogP contribution in [-0.4, -0.2) is 29.9 Å². The van der Waals surface area contributed by atoms with Gasteiger partial charge in [-0.15, -0.1) is 0 Å². The molecule has 1 atom stereocenters. The quantitative estimate of drug-likeness (QED) is 0.922. The fraction of sp³-hybridized carbons (Fsp3) is 0.500. The molecule has 1 heterocycles. The van der Waals surface area contributed by atoms with Gasteiger partial charge in [0.15, 0.2) is 0 Å². The first-order valence-corrected chi connectivity index (χ1v) is 7.37. The highest BCUT2D eigenvalue weighted by atomic mass is 79.9. The monoisotopic (exact) mass is 328 g/mol. The number of hydrogen-bond acceptors (Lipinski definition) is 2. The molecule has 1 saturated heterocycles. The molecule has 1 aromatic carbocycles. The van der Waals surface area contributed by atoms with Gasteiger partial charge in [-0.2, -0.15) is 0 Å². The lowest BCUT2D eigenvalue weighted by molar-refractivity contribution is -0.132. The first-order valence-electron chi connectivity index (χ1n) is 6.58. The van der Waals surface area contributed by atoms with E-state index >= 15 is 0 Å². The Morgan fingerprint density at radius 2 is 2.05 bits per heavy atom. The van der Waals surface area contributed by atoms with E-state index in [-0.39, 0.29) is 17.8 Å². The summed E-state index contributed by atoms with van der Waals surface area (Å²) in [6, 6.07) is 4.45. The predicted molar refractivity (Wildman–Crippen MR) is 77.6 cm³/mol. The number of hydrogen-bond donors (Lipinski definition) is 1. The van der Waals surface area contributed by atoms with E-state index in [1.165, 1.54) is 12.5 Å². The minimum absolute atomic E-state index is 0.0861. The van der Waals surface area contributed by atoms with Crippen molar-refractivity contribution in [2.45, 2.75) is 32.2 Å². The Bertz CT molecular complexity index is 461. The second-order valence-corrected chi connectivity index (χ2v) is 5.74. The van der Waals surface area contributed by atoms with Gasteiger partial charge in [-0.05, 0) is 60.3 Å². The van der Waals surface area contributed by atoms with Gasteiger partial charge in [0.05, 0.1) is 4.47 Å². The van der Waals surface area contributed by atoms with Crippen molar-refractivity contribution in [3.63, 3.8) is 0 Å². The molecule has 19 heavy (non-hydrogen) atoms. The number of amides is 1. The zero-order valence-electron chi connectivity index (χ0n) is 11.0. The van der Waals surface area contributed by atoms with Crippen molar-refractivity contribution in [3.8, 4) is 0 Å². The predicted octanol–water partition coefficient (Wildman–Crippen LogP) is 3.40. The Morgan fingerprint density at radius 3 is 2.68 bits per heavy atom. The van der Waals surface area contributed by atoms with E-state index in [0.29, 0.717) is 10.2 Å². The summed E-state index contributed by atoms with van der Waals surface area (Å²) >= 11 is 3.11. The van der Waals surface area contributed by atoms with Crippen LogP contribution >= 0.6 is 15.9 Å². The van der Waals surface area contributed by atoms with Gasteiger partial charge in [0.1, 0.15) is 11.9 Å². The van der Waals surface area contributed by atoms with Crippen molar-refractivity contribution < 1.29 is 9.18 Å². The van der Waals surface area contributed by atoms with Crippen LogP contribution in [0, 0.1) is 5.82 Å². The van der Waals surface area contributed by atoms with Crippen LogP contribution in [0.25, 0.3) is 0 Å². The molecule has 1 N–H and O–H groups in total. The number of rotatable bonds is 3. The van der Waals surface area contributed by atoms with Crippen LogP contribution in [0.1, 0.15) is 26.2 Å². The van der Waals surface area contributed by atoms with Gasteiger partial charge in [-0.1, -0.05) is 0 Å². The van der Waals surface area contributed by atoms with Crippen LogP contribution in [-0.2, 0) is 4.79 Å². The third-order valence-corrected chi connectivity index (χ3v) is 3.98. The van der Waals surface area contributed by atoms with Gasteiger partial charge >= 0.3 is 0 Å². The fourth-order valence-electron chi connectivity index (χ4n) is 2.29. The van der Waals surface area contributed by atoms with E-state index in [4.69, 9.17) is 0 Å². The van der Waals surface area contributed by atoms with Gasteiger partial charge in [0.25, 0.3) is 0 Å². The maximum absolute atomic E-state index is 13.4. The third-order valence-electron chi connectivity index (χ3n) is 3.34. The summed E-state index contributed by atoms with van der Waals surface area (Å²) in [5, 5.41) is 3.05. The molecule has 5 heteroatoms. The highest BCUT2D eigenvalue weighted by Crippen LogP contribution is 2.20. The van der Waals surface area contributed by atoms with E-state index in [2.05, 4.69) is 21.2 Å². The topological polar surface area (TPSA) is 32.3 Å². The lowest BCUT2D eigenvalue weighted by Gasteiger charge is -2.29. The molecule has 0 bridgehead atoms. The highest BCUT2D eigenvalue weighted by molar-refractivity contribution is 9.10. The molecule has 2 rings (SSSR count). The van der Waals surface area contributed by atoms with Crippen molar-refractivity contribution in [1.82, 2.24) is 4.90 Å². The molecule has 0 aliphatic carbocycles. The molecule has 3 nitrogen and oxygen atoms in total. The number of benzene rings is 1. The lowest BCUT2D eigenvalue weighted by atomic mass is 10.1. The van der Waals surface area contributed by atoms with Gasteiger partial charge < -0.3 is 10.2 Å². The maximum atomic E-state index is 13.4. The second kappa shape index (κ2) is 6.37. The molecule has 0 spiro atoms. The third kappa shape index (κ3) is 3.69. The Hall–Kier alpha value is -1.10. The number of carbonyl (C=O) groups excluding carboxylic acids is 1. The standard InChI is InChI=1S/C14H18BrFN2O/c1-10(14(19)18-7-3-2-4-8-18)17-11-5-6-12(15)13(16)9-11/h5-6,9-10,17H,2-4,7-8H2,1H3. The summed E-state index contributed by atoms with van der Waals surface area (Å²) in [5.74, 6) is -0.245. The van der Waals surface area contributed by atoms with Crippen LogP contribution in [0.4, 0.5) is 10.1 Å². The summed E-state index contributed by atoms with van der Waals surface area (Å²) in [6.07, 6.45) is 3.35. The van der Waals surface area contributed by atoms with E-state index in [9.17, 15) is 9.18 Å². The van der Waals surface area contributed by atoms with Crippen molar-refractivity contribution in [2.24, 2.45) is 0 Å². The number of piperidine rings is 1. The summed E-state index contributed by atoms with van der Waals surface area (Å²) in [6.45, 7) is 3.48. The minimum atomic E-state index is -0.335. The molecule has 1 aliphatic heterocycles. The van der Waals surface area contributed by atoms with Crippen molar-refractivity contribution >= 4 is 27.5 Å². The molecular formula is C14H18BrFN2O. The number of nitrogens with one attached hydrogen (secondary N) is 1. The molecule has 104 valence electrons. The van der Waals surface area contributed by atoms with Gasteiger partial charge in [0.2, 0.25) is 5.91 Å². The van der Waals surface area contributed by atoms with E-state index in [1.54, 1.807) is 12.1 Å². The Morgan fingerprint density at radius 1 is 1.37 bits per heavy atom. The van der Waals surface area contributed by atoms with Crippen molar-refractivity contribution in [1.29, 1.82) is 0 Å². The molecule has 1 unspecified atom stereocenters. The van der Waals surface area contributed by atoms with E-state index < -0.39 is 0 Å². The van der Waals surface area contributed by atoms with Gasteiger partial charge in [-0.3, -0.25) is 4.79 Å². The smallest absolute Gasteiger partial charge is 0.244 e. The van der Waals surface area contributed by atoms with Crippen LogP contribution < -0.4 is 5.32 Å². The Balaban J connectivity index is 1.97. The number of likely N-dealkylation sites (tertiary alicyclic amines) is 1. The molecule has 1 amide bonds. The van der Waals surface area contributed by atoms with E-state index in [1.807, 2.05) is 11.8 Å². The summed E-state index contributed by atoms with van der Waals surface area (Å²) in [5.41, 5.74) is 0.624. The van der Waals surface area contributed by atoms with Gasteiger partial charge in [0, 0.05) is 18.8 Å². The molecule has 1 aliphatic rings. The summed E-state index contributed by atoms with van der Waals surface area (Å²) in [4.78, 5) is 14.1. The normalized spacial score (nSPS) is 17.1. The highest BCUT2D eigenvalue weighted by Gasteiger charge is 2.22. The van der Waals surface area contributed by atoms with Crippen molar-refractivity contribution in [2.75, 3.05) is 18.4 Å². The first kappa shape index (κ1) is 14.3. The molecule has 0 radical (unpaired) electrons. The fourth-order valence-corrected chi connectivity index (χ4v) is 2.53. The molecule has 1 fully saturated rings. The number of carbonyl (C=O) groups is 1. The lowest BCUT2D eigenvalue weighted by Crippen LogP contribution is -2.43. The molecule has 0 aromatic heterocycles. The van der Waals surface area contributed by atoms with Gasteiger partial charge in [-0.25, -0.2) is 4.39 Å². The average Bonchev–Trinajstić information content (AvgIpc) is 2.43. The SMILES string of the molecule is CC(Nc1ccc(Br)c(F)c1)C(=O)N1CCCCC1. The summed E-state index contributed by atoms with van der Waals surface area (Å²) < 4.78 is 13.8. The van der Waals surface area contributed by atoms with Crippen LogP contribution in [0.15, 0.2) is 22.7 Å². The second-order valence-electron chi connectivity index (χ2n) is 4.88. The Kier molecular flexibility index (Phi) is 4.80. The van der Waals surface area contributed by atoms with Crippen LogP contribution in [0.5, 0.6) is 0 Å². The molecule has 1 aromatic rings. The average molecular weight is 329 g/mol. The zero-order chi connectivity index (χ0) is 13.8. The summed E-state index contributed by atoms with van der Waals surface area (Å²) in [7, 11) is 0. The largest absolute Gasteiger partial charge is 0.374 e. The molecular weight excluding hydrogens is 311 g/mol. The number of nitrogens with zero attached hydrogens (tertiary/aromatic N) is 1. The van der Waals surface area contributed by atoms with Crippen LogP contribution in [0.2, 0.25) is 0 Å². The van der Waals surface area contributed by atoms with Crippen LogP contribution in [0.3, 0.4) is 0 Å². The minimum Gasteiger partial charge on any atom is -0.374 e. The number of anilines is 1. The Labute approximate surface area is 121 Å².